The van der Waals surface area contributed by atoms with Gasteiger partial charge in [-0.15, -0.1) is 0 Å². The van der Waals surface area contributed by atoms with Crippen LogP contribution in [-0.2, 0) is 0 Å². The van der Waals surface area contributed by atoms with Crippen LogP contribution < -0.4 is 9.80 Å². The van der Waals surface area contributed by atoms with Crippen molar-refractivity contribution in [2.75, 3.05) is 9.80 Å². The van der Waals surface area contributed by atoms with E-state index in [1.807, 2.05) is 74.5 Å². The van der Waals surface area contributed by atoms with Crippen molar-refractivity contribution in [2.24, 2.45) is 0 Å². The molecule has 6 heteroatoms. The minimum atomic E-state index is -0.453. The Kier molecular flexibility index (Phi) is 5.73. The van der Waals surface area contributed by atoms with Gasteiger partial charge in [0.2, 0.25) is 0 Å². The highest BCUT2D eigenvalue weighted by Crippen LogP contribution is 2.36. The van der Waals surface area contributed by atoms with Crippen LogP contribution in [0, 0.1) is 13.8 Å². The summed E-state index contributed by atoms with van der Waals surface area (Å²) in [6, 6.07) is 32.8. The van der Waals surface area contributed by atoms with Crippen molar-refractivity contribution in [3.05, 3.63) is 143 Å². The summed E-state index contributed by atoms with van der Waals surface area (Å²) in [5, 5.41) is 0. The van der Waals surface area contributed by atoms with Gasteiger partial charge in [-0.05, 0) is 78.6 Å². The van der Waals surface area contributed by atoms with Gasteiger partial charge in [0.1, 0.15) is 0 Å². The third kappa shape index (κ3) is 3.96. The average molecular weight is 549 g/mol. The van der Waals surface area contributed by atoms with Gasteiger partial charge in [-0.3, -0.25) is 19.2 Å². The van der Waals surface area contributed by atoms with Crippen LogP contribution in [0.2, 0.25) is 0 Å². The summed E-state index contributed by atoms with van der Waals surface area (Å²) >= 11 is 0. The van der Waals surface area contributed by atoms with Gasteiger partial charge in [-0.25, -0.2) is 9.80 Å². The molecular weight excluding hydrogens is 524 g/mol. The van der Waals surface area contributed by atoms with Crippen molar-refractivity contribution in [3.8, 4) is 22.3 Å². The van der Waals surface area contributed by atoms with Gasteiger partial charge in [0.05, 0.1) is 33.6 Å². The number of fused-ring (bicyclic) bond motifs is 2. The lowest BCUT2D eigenvalue weighted by Gasteiger charge is -2.18. The van der Waals surface area contributed by atoms with Crippen molar-refractivity contribution >= 4 is 35.0 Å². The average Bonchev–Trinajstić information content (AvgIpc) is 3.41. The van der Waals surface area contributed by atoms with Gasteiger partial charge in [0.15, 0.2) is 0 Å². The lowest BCUT2D eigenvalue weighted by atomic mass is 9.99. The summed E-state index contributed by atoms with van der Waals surface area (Å²) in [5.41, 5.74) is 7.63. The van der Waals surface area contributed by atoms with E-state index in [1.165, 1.54) is 6.07 Å². The largest absolute Gasteiger partial charge is 0.268 e. The quantitative estimate of drug-likeness (QED) is 0.222. The third-order valence-electron chi connectivity index (χ3n) is 7.89. The number of anilines is 2. The molecule has 0 atom stereocenters. The SMILES string of the molecule is Cc1ccc(-c2ccc3c(c2)C(=O)N(c2cccc(N4C(=O)c5ccc(-c6ccc(C)cc6)cc5C4=O)c2)C3=O)cc1. The third-order valence-corrected chi connectivity index (χ3v) is 7.89. The Balaban J connectivity index is 1.20. The van der Waals surface area contributed by atoms with Crippen LogP contribution in [-0.4, -0.2) is 23.6 Å². The maximum absolute atomic E-state index is 13.5. The summed E-state index contributed by atoms with van der Waals surface area (Å²) in [7, 11) is 0. The number of benzene rings is 5. The molecule has 5 aromatic carbocycles. The molecule has 202 valence electrons. The van der Waals surface area contributed by atoms with E-state index < -0.39 is 23.6 Å². The number of hydrogen-bond acceptors (Lipinski definition) is 4. The number of carbonyl (C=O) groups excluding carboxylic acids is 4. The topological polar surface area (TPSA) is 74.8 Å². The molecule has 0 fully saturated rings. The van der Waals surface area contributed by atoms with Crippen molar-refractivity contribution in [1.29, 1.82) is 0 Å². The van der Waals surface area contributed by atoms with E-state index >= 15 is 0 Å². The van der Waals surface area contributed by atoms with Crippen molar-refractivity contribution in [3.63, 3.8) is 0 Å². The molecule has 0 saturated carbocycles. The van der Waals surface area contributed by atoms with Crippen molar-refractivity contribution < 1.29 is 19.2 Å². The lowest BCUT2D eigenvalue weighted by molar-refractivity contribution is 0.0912. The number of nitrogens with zero attached hydrogens (tertiary/aromatic N) is 2. The Hall–Kier alpha value is -5.62. The fraction of sp³-hybridized carbons (Fsp3) is 0.0556. The second-order valence-electron chi connectivity index (χ2n) is 10.7. The molecule has 42 heavy (non-hydrogen) atoms. The number of amides is 4. The van der Waals surface area contributed by atoms with E-state index in [1.54, 1.807) is 42.5 Å². The molecule has 7 rings (SSSR count). The highest BCUT2D eigenvalue weighted by molar-refractivity contribution is 6.36. The molecule has 5 aromatic rings. The number of rotatable bonds is 4. The zero-order valence-electron chi connectivity index (χ0n) is 22.9. The van der Waals surface area contributed by atoms with Gasteiger partial charge in [-0.1, -0.05) is 77.9 Å². The Morgan fingerprint density at radius 2 is 0.738 bits per heavy atom. The predicted molar refractivity (Wildman–Crippen MR) is 162 cm³/mol. The molecule has 0 saturated heterocycles. The van der Waals surface area contributed by atoms with E-state index in [-0.39, 0.29) is 11.4 Å². The highest BCUT2D eigenvalue weighted by atomic mass is 16.2. The fourth-order valence-electron chi connectivity index (χ4n) is 5.57. The summed E-state index contributed by atoms with van der Waals surface area (Å²) in [4.78, 5) is 56.0. The number of imide groups is 2. The second-order valence-corrected chi connectivity index (χ2v) is 10.7. The number of aryl methyl sites for hydroxylation is 2. The molecule has 0 aliphatic carbocycles. The van der Waals surface area contributed by atoms with E-state index in [9.17, 15) is 19.2 Å². The molecule has 2 aliphatic heterocycles. The molecule has 0 aromatic heterocycles. The van der Waals surface area contributed by atoms with E-state index in [0.717, 1.165) is 43.2 Å². The molecule has 0 N–H and O–H groups in total. The molecular formula is C36H24N2O4. The summed E-state index contributed by atoms with van der Waals surface area (Å²) in [6.07, 6.45) is 0. The zero-order valence-corrected chi connectivity index (χ0v) is 22.9. The summed E-state index contributed by atoms with van der Waals surface area (Å²) in [5.74, 6) is -1.81. The highest BCUT2D eigenvalue weighted by Gasteiger charge is 2.39. The normalized spacial score (nSPS) is 14.0. The van der Waals surface area contributed by atoms with Crippen LogP contribution >= 0.6 is 0 Å². The van der Waals surface area contributed by atoms with Crippen LogP contribution in [0.5, 0.6) is 0 Å². The van der Waals surface area contributed by atoms with Crippen LogP contribution in [0.4, 0.5) is 11.4 Å². The Morgan fingerprint density at radius 3 is 1.14 bits per heavy atom. The van der Waals surface area contributed by atoms with Crippen LogP contribution in [0.25, 0.3) is 22.3 Å². The van der Waals surface area contributed by atoms with Crippen LogP contribution in [0.3, 0.4) is 0 Å². The number of carbonyl (C=O) groups is 4. The smallest absolute Gasteiger partial charge is 0.266 e. The van der Waals surface area contributed by atoms with E-state index in [4.69, 9.17) is 0 Å². The van der Waals surface area contributed by atoms with E-state index in [0.29, 0.717) is 22.3 Å². The molecule has 0 spiro atoms. The van der Waals surface area contributed by atoms with Gasteiger partial charge >= 0.3 is 0 Å². The molecule has 0 unspecified atom stereocenters. The second kappa shape index (κ2) is 9.49. The minimum absolute atomic E-state index is 0.285. The minimum Gasteiger partial charge on any atom is -0.268 e. The summed E-state index contributed by atoms with van der Waals surface area (Å²) in [6.45, 7) is 4.01. The molecule has 0 bridgehead atoms. The first-order valence-electron chi connectivity index (χ1n) is 13.6. The van der Waals surface area contributed by atoms with Gasteiger partial charge in [-0.2, -0.15) is 0 Å². The number of hydrogen-bond donors (Lipinski definition) is 0. The molecule has 0 radical (unpaired) electrons. The Bertz CT molecular complexity index is 1830. The van der Waals surface area contributed by atoms with Gasteiger partial charge in [0, 0.05) is 0 Å². The summed E-state index contributed by atoms with van der Waals surface area (Å²) < 4.78 is 0. The molecule has 6 nitrogen and oxygen atoms in total. The monoisotopic (exact) mass is 548 g/mol. The first kappa shape index (κ1) is 25.4. The van der Waals surface area contributed by atoms with Crippen LogP contribution in [0.1, 0.15) is 52.6 Å². The molecule has 2 aliphatic rings. The Labute approximate surface area is 242 Å². The Morgan fingerprint density at radius 1 is 0.381 bits per heavy atom. The van der Waals surface area contributed by atoms with Gasteiger partial charge in [0.25, 0.3) is 23.6 Å². The van der Waals surface area contributed by atoms with Crippen molar-refractivity contribution in [2.45, 2.75) is 13.8 Å². The first-order chi connectivity index (χ1) is 20.3. The van der Waals surface area contributed by atoms with Gasteiger partial charge < -0.3 is 0 Å². The first-order valence-corrected chi connectivity index (χ1v) is 13.6. The lowest BCUT2D eigenvalue weighted by Crippen LogP contribution is -2.31. The molecule has 2 heterocycles. The molecule has 4 amide bonds. The fourth-order valence-corrected chi connectivity index (χ4v) is 5.57. The maximum Gasteiger partial charge on any atom is 0.266 e. The van der Waals surface area contributed by atoms with E-state index in [2.05, 4.69) is 0 Å². The zero-order chi connectivity index (χ0) is 29.1. The van der Waals surface area contributed by atoms with Crippen molar-refractivity contribution in [1.82, 2.24) is 0 Å². The predicted octanol–water partition coefficient (Wildman–Crippen LogP) is 7.24. The van der Waals surface area contributed by atoms with Crippen LogP contribution in [0.15, 0.2) is 109 Å². The maximum atomic E-state index is 13.5. The standard InChI is InChI=1S/C36H24N2O4/c1-21-6-10-23(11-7-21)25-14-16-29-31(18-25)35(41)37(33(29)39)27-4-3-5-28(20-27)38-34(40)30-17-15-26(19-32(30)36(38)42)24-12-8-22(2)9-13-24/h3-20H,1-2H3.